The number of hydrogen-bond acceptors (Lipinski definition) is 1. The van der Waals surface area contributed by atoms with Crippen molar-refractivity contribution in [2.45, 2.75) is 25.1 Å². The van der Waals surface area contributed by atoms with Gasteiger partial charge < -0.3 is 0 Å². The molecule has 1 heterocycles. The summed E-state index contributed by atoms with van der Waals surface area (Å²) >= 11 is 1.98. The minimum atomic E-state index is 0.598. The van der Waals surface area contributed by atoms with Crippen LogP contribution in [0.2, 0.25) is 0 Å². The van der Waals surface area contributed by atoms with Crippen LogP contribution in [0.5, 0.6) is 0 Å². The fourth-order valence-electron chi connectivity index (χ4n) is 1.84. The summed E-state index contributed by atoms with van der Waals surface area (Å²) in [5, 5.41) is 2.02. The quantitative estimate of drug-likeness (QED) is 0.638. The van der Waals surface area contributed by atoms with E-state index < -0.39 is 0 Å². The summed E-state index contributed by atoms with van der Waals surface area (Å²) in [4.78, 5) is 0. The van der Waals surface area contributed by atoms with Crippen molar-refractivity contribution in [2.75, 3.05) is 7.05 Å². The zero-order valence-electron chi connectivity index (χ0n) is 8.90. The number of hydrogen-bond donors (Lipinski definition) is 0. The van der Waals surface area contributed by atoms with Gasteiger partial charge in [0.15, 0.2) is 6.04 Å². The predicted octanol–water partition coefficient (Wildman–Crippen LogP) is 2.92. The fraction of sp³-hybridized carbons (Fsp3) is 0.417. The molecule has 0 bridgehead atoms. The third-order valence-corrected chi connectivity index (χ3v) is 4.52. The second-order valence-electron chi connectivity index (χ2n) is 3.82. The number of nitrogens with zero attached hydrogens (tertiary/aromatic N) is 1. The van der Waals surface area contributed by atoms with Crippen LogP contribution < -0.4 is 0 Å². The van der Waals surface area contributed by atoms with E-state index >= 15 is 0 Å². The van der Waals surface area contributed by atoms with Gasteiger partial charge in [-0.25, -0.2) is 4.58 Å². The molecule has 0 N–H and O–H groups in total. The second-order valence-corrected chi connectivity index (χ2v) is 5.15. The molecule has 0 aliphatic carbocycles. The molecule has 0 saturated carbocycles. The van der Waals surface area contributed by atoms with Gasteiger partial charge in [-0.15, -0.1) is 0 Å². The third kappa shape index (κ3) is 1.59. The van der Waals surface area contributed by atoms with Crippen LogP contribution in [-0.2, 0) is 0 Å². The Morgan fingerprint density at radius 3 is 2.36 bits per heavy atom. The smallest absolute Gasteiger partial charge is 0.208 e. The summed E-state index contributed by atoms with van der Waals surface area (Å²) in [6, 6.07) is 11.4. The van der Waals surface area contributed by atoms with Crippen molar-refractivity contribution in [1.29, 1.82) is 0 Å². The van der Waals surface area contributed by atoms with Crippen molar-refractivity contribution in [2.24, 2.45) is 0 Å². The minimum absolute atomic E-state index is 0.598. The van der Waals surface area contributed by atoms with Gasteiger partial charge in [-0.1, -0.05) is 30.3 Å². The van der Waals surface area contributed by atoms with Crippen molar-refractivity contribution in [3.63, 3.8) is 0 Å². The Kier molecular flexibility index (Phi) is 2.64. The van der Waals surface area contributed by atoms with Crippen LogP contribution in [0.15, 0.2) is 30.3 Å². The highest BCUT2D eigenvalue weighted by Crippen LogP contribution is 2.38. The summed E-state index contributed by atoms with van der Waals surface area (Å²) in [6.07, 6.45) is 0. The van der Waals surface area contributed by atoms with Crippen LogP contribution in [-0.4, -0.2) is 22.7 Å². The first-order valence-corrected chi connectivity index (χ1v) is 5.86. The normalized spacial score (nSPS) is 27.1. The van der Waals surface area contributed by atoms with E-state index in [1.807, 2.05) is 11.8 Å². The van der Waals surface area contributed by atoms with Gasteiger partial charge in [-0.05, 0) is 24.2 Å². The Morgan fingerprint density at radius 1 is 1.21 bits per heavy atom. The highest BCUT2D eigenvalue weighted by Gasteiger charge is 2.35. The van der Waals surface area contributed by atoms with Gasteiger partial charge in [0.1, 0.15) is 12.3 Å². The molecular formula is C12H16NS+. The topological polar surface area (TPSA) is 3.01 Å². The van der Waals surface area contributed by atoms with E-state index in [1.54, 1.807) is 0 Å². The molecule has 0 radical (unpaired) electrons. The molecule has 74 valence electrons. The summed E-state index contributed by atoms with van der Waals surface area (Å²) in [6.45, 7) is 4.49. The Hall–Kier alpha value is -0.760. The lowest BCUT2D eigenvalue weighted by Gasteiger charge is -2.11. The maximum absolute atomic E-state index is 2.36. The molecule has 1 aliphatic heterocycles. The fourth-order valence-corrected chi connectivity index (χ4v) is 3.22. The summed E-state index contributed by atoms with van der Waals surface area (Å²) < 4.78 is 2.36. The molecule has 0 spiro atoms. The average Bonchev–Trinajstić information content (AvgIpc) is 2.47. The zero-order chi connectivity index (χ0) is 10.1. The van der Waals surface area contributed by atoms with Gasteiger partial charge in [0.05, 0.1) is 0 Å². The van der Waals surface area contributed by atoms with Crippen molar-refractivity contribution >= 4 is 16.8 Å². The van der Waals surface area contributed by atoms with E-state index in [-0.39, 0.29) is 0 Å². The molecule has 2 atom stereocenters. The number of likely N-dealkylation sites (N-methyl/N-ethyl adjacent to an activating group) is 1. The number of thioether (sulfide) groups is 1. The molecule has 2 heteroatoms. The Labute approximate surface area is 89.8 Å². The first kappa shape index (κ1) is 9.78. The van der Waals surface area contributed by atoms with Gasteiger partial charge in [0, 0.05) is 6.92 Å². The Balaban J connectivity index is 2.25. The van der Waals surface area contributed by atoms with E-state index in [0.29, 0.717) is 11.3 Å². The SMILES string of the molecule is CC1=[N+](C)[C@@H](C)[C@@H](c2ccccc2)S1. The molecule has 1 aromatic carbocycles. The summed E-state index contributed by atoms with van der Waals surface area (Å²) in [5.41, 5.74) is 1.44. The standard InChI is InChI=1S/C12H16NS/c1-9-12(14-10(2)13(9)3)11-7-5-4-6-8-11/h4-9,12H,1-3H3/q+1/t9-,12-/m0/s1. The number of rotatable bonds is 1. The minimum Gasteiger partial charge on any atom is -0.227 e. The average molecular weight is 206 g/mol. The highest BCUT2D eigenvalue weighted by atomic mass is 32.2. The molecule has 14 heavy (non-hydrogen) atoms. The van der Waals surface area contributed by atoms with Gasteiger partial charge in [-0.3, -0.25) is 0 Å². The van der Waals surface area contributed by atoms with Crippen LogP contribution in [0.25, 0.3) is 0 Å². The lowest BCUT2D eigenvalue weighted by atomic mass is 10.1. The Morgan fingerprint density at radius 2 is 1.86 bits per heavy atom. The summed E-state index contributed by atoms with van der Waals surface area (Å²) in [7, 11) is 2.18. The molecule has 0 aromatic heterocycles. The molecule has 0 unspecified atom stereocenters. The van der Waals surface area contributed by atoms with Crippen LogP contribution in [0.4, 0.5) is 0 Å². The van der Waals surface area contributed by atoms with E-state index in [0.717, 1.165) is 0 Å². The summed E-state index contributed by atoms with van der Waals surface area (Å²) in [5.74, 6) is 0. The third-order valence-electron chi connectivity index (χ3n) is 2.97. The Bertz CT molecular complexity index is 356. The molecule has 1 aliphatic rings. The monoisotopic (exact) mass is 206 g/mol. The van der Waals surface area contributed by atoms with Crippen molar-refractivity contribution in [3.8, 4) is 0 Å². The zero-order valence-corrected chi connectivity index (χ0v) is 9.71. The second kappa shape index (κ2) is 3.77. The van der Waals surface area contributed by atoms with Gasteiger partial charge in [0.25, 0.3) is 0 Å². The van der Waals surface area contributed by atoms with E-state index in [4.69, 9.17) is 0 Å². The van der Waals surface area contributed by atoms with Crippen LogP contribution in [0.1, 0.15) is 24.7 Å². The van der Waals surface area contributed by atoms with E-state index in [1.165, 1.54) is 10.6 Å². The first-order chi connectivity index (χ1) is 6.70. The van der Waals surface area contributed by atoms with Crippen LogP contribution in [0, 0.1) is 0 Å². The molecule has 0 fully saturated rings. The molecule has 1 aromatic rings. The van der Waals surface area contributed by atoms with Crippen LogP contribution >= 0.6 is 11.8 Å². The molecule has 0 amide bonds. The van der Waals surface area contributed by atoms with Gasteiger partial charge >= 0.3 is 0 Å². The maximum Gasteiger partial charge on any atom is 0.208 e. The van der Waals surface area contributed by atoms with Crippen molar-refractivity contribution < 1.29 is 4.58 Å². The van der Waals surface area contributed by atoms with Crippen LogP contribution in [0.3, 0.4) is 0 Å². The van der Waals surface area contributed by atoms with Gasteiger partial charge in [-0.2, -0.15) is 0 Å². The lowest BCUT2D eigenvalue weighted by Crippen LogP contribution is -2.20. The number of benzene rings is 1. The van der Waals surface area contributed by atoms with Crippen molar-refractivity contribution in [3.05, 3.63) is 35.9 Å². The largest absolute Gasteiger partial charge is 0.227 e. The molecule has 1 nitrogen and oxygen atoms in total. The van der Waals surface area contributed by atoms with E-state index in [2.05, 4.69) is 55.8 Å². The highest BCUT2D eigenvalue weighted by molar-refractivity contribution is 8.14. The molecular weight excluding hydrogens is 190 g/mol. The van der Waals surface area contributed by atoms with Gasteiger partial charge in [0.2, 0.25) is 5.04 Å². The van der Waals surface area contributed by atoms with Crippen molar-refractivity contribution in [1.82, 2.24) is 0 Å². The molecule has 0 saturated heterocycles. The first-order valence-electron chi connectivity index (χ1n) is 4.98. The van der Waals surface area contributed by atoms with E-state index in [9.17, 15) is 0 Å². The lowest BCUT2D eigenvalue weighted by molar-refractivity contribution is -0.528. The maximum atomic E-state index is 2.36. The predicted molar refractivity (Wildman–Crippen MR) is 63.1 cm³/mol. The molecule has 2 rings (SSSR count).